The molecule has 226 valence electrons. The van der Waals surface area contributed by atoms with Gasteiger partial charge < -0.3 is 10.2 Å². The van der Waals surface area contributed by atoms with Crippen molar-refractivity contribution in [1.82, 2.24) is 10.2 Å². The first-order valence-corrected chi connectivity index (χ1v) is 16.3. The van der Waals surface area contributed by atoms with Crippen LogP contribution in [-0.4, -0.2) is 43.8 Å². The molecule has 3 rings (SSSR count). The zero-order valence-corrected chi connectivity index (χ0v) is 27.5. The normalized spacial score (nSPS) is 12.9. The number of anilines is 1. The molecule has 3 aromatic carbocycles. The van der Waals surface area contributed by atoms with Gasteiger partial charge in [0.2, 0.25) is 11.8 Å². The molecule has 0 bridgehead atoms. The molecule has 0 saturated heterocycles. The number of amides is 2. The molecule has 42 heavy (non-hydrogen) atoms. The van der Waals surface area contributed by atoms with Gasteiger partial charge in [0.25, 0.3) is 10.0 Å². The van der Waals surface area contributed by atoms with E-state index in [0.29, 0.717) is 22.0 Å². The third-order valence-corrected chi connectivity index (χ3v) is 9.72. The lowest BCUT2D eigenvalue weighted by atomic mass is 10.1. The SMILES string of the molecule is CC[C@@H](C)NC(=O)[C@@H](CC)N(Cc1ccc(Cl)cc1Cl)C(=O)CN(c1cc(Cl)ccc1Cl)S(=O)(=O)c1ccc(C)cc1. The summed E-state index contributed by atoms with van der Waals surface area (Å²) >= 11 is 25.2. The van der Waals surface area contributed by atoms with Crippen LogP contribution < -0.4 is 9.62 Å². The molecule has 0 saturated carbocycles. The Morgan fingerprint density at radius 1 is 0.857 bits per heavy atom. The molecule has 12 heteroatoms. The van der Waals surface area contributed by atoms with Gasteiger partial charge in [-0.1, -0.05) is 84.0 Å². The molecule has 0 unspecified atom stereocenters. The molecule has 0 heterocycles. The van der Waals surface area contributed by atoms with E-state index in [1.165, 1.54) is 35.2 Å². The average molecular weight is 673 g/mol. The van der Waals surface area contributed by atoms with Crippen LogP contribution in [0, 0.1) is 6.92 Å². The van der Waals surface area contributed by atoms with Crippen molar-refractivity contribution in [3.05, 3.63) is 91.9 Å². The summed E-state index contributed by atoms with van der Waals surface area (Å²) in [7, 11) is -4.30. The van der Waals surface area contributed by atoms with Crippen LogP contribution in [0.25, 0.3) is 0 Å². The Morgan fingerprint density at radius 3 is 2.07 bits per heavy atom. The molecular weight excluding hydrogens is 640 g/mol. The van der Waals surface area contributed by atoms with Gasteiger partial charge in [-0.05, 0) is 74.7 Å². The number of hydrogen-bond donors (Lipinski definition) is 1. The van der Waals surface area contributed by atoms with E-state index in [9.17, 15) is 18.0 Å². The first kappa shape index (κ1) is 34.0. The van der Waals surface area contributed by atoms with E-state index in [1.54, 1.807) is 37.3 Å². The maximum absolute atomic E-state index is 14.2. The average Bonchev–Trinajstić information content (AvgIpc) is 2.94. The first-order chi connectivity index (χ1) is 19.8. The van der Waals surface area contributed by atoms with Gasteiger partial charge in [0, 0.05) is 27.7 Å². The number of carbonyl (C=O) groups is 2. The van der Waals surface area contributed by atoms with Crippen molar-refractivity contribution in [2.24, 2.45) is 0 Å². The lowest BCUT2D eigenvalue weighted by molar-refractivity contribution is -0.140. The molecule has 0 aliphatic carbocycles. The second-order valence-corrected chi connectivity index (χ2v) is 13.5. The highest BCUT2D eigenvalue weighted by Gasteiger charge is 2.35. The van der Waals surface area contributed by atoms with Crippen molar-refractivity contribution >= 4 is 73.9 Å². The fraction of sp³-hybridized carbons (Fsp3) is 0.333. The summed E-state index contributed by atoms with van der Waals surface area (Å²) in [6.07, 6.45) is 0.955. The van der Waals surface area contributed by atoms with Gasteiger partial charge in [-0.25, -0.2) is 8.42 Å². The molecular formula is C30H33Cl4N3O4S. The van der Waals surface area contributed by atoms with Crippen molar-refractivity contribution in [1.29, 1.82) is 0 Å². The smallest absolute Gasteiger partial charge is 0.264 e. The van der Waals surface area contributed by atoms with Gasteiger partial charge in [0.1, 0.15) is 12.6 Å². The number of rotatable bonds is 12. The zero-order valence-electron chi connectivity index (χ0n) is 23.7. The summed E-state index contributed by atoms with van der Waals surface area (Å²) in [5.74, 6) is -1.00. The van der Waals surface area contributed by atoms with Crippen molar-refractivity contribution in [2.75, 3.05) is 10.8 Å². The van der Waals surface area contributed by atoms with Gasteiger partial charge in [-0.15, -0.1) is 0 Å². The maximum atomic E-state index is 14.2. The van der Waals surface area contributed by atoms with E-state index in [2.05, 4.69) is 5.32 Å². The van der Waals surface area contributed by atoms with E-state index in [0.717, 1.165) is 9.87 Å². The maximum Gasteiger partial charge on any atom is 0.264 e. The summed E-state index contributed by atoms with van der Waals surface area (Å²) in [6, 6.07) is 14.4. The minimum Gasteiger partial charge on any atom is -0.352 e. The zero-order chi connectivity index (χ0) is 31.2. The summed E-state index contributed by atoms with van der Waals surface area (Å²) in [6.45, 7) is 6.69. The Kier molecular flexibility index (Phi) is 12.0. The summed E-state index contributed by atoms with van der Waals surface area (Å²) in [5, 5.41) is 3.96. The molecule has 7 nitrogen and oxygen atoms in total. The molecule has 0 radical (unpaired) electrons. The molecule has 0 spiro atoms. The van der Waals surface area contributed by atoms with Crippen LogP contribution in [0.2, 0.25) is 20.1 Å². The monoisotopic (exact) mass is 671 g/mol. The Hall–Kier alpha value is -2.49. The third kappa shape index (κ3) is 8.32. The van der Waals surface area contributed by atoms with Crippen LogP contribution >= 0.6 is 46.4 Å². The second kappa shape index (κ2) is 14.8. The molecule has 0 fully saturated rings. The van der Waals surface area contributed by atoms with E-state index < -0.39 is 28.5 Å². The van der Waals surface area contributed by atoms with Gasteiger partial charge in [-0.2, -0.15) is 0 Å². The second-order valence-electron chi connectivity index (χ2n) is 9.92. The summed E-state index contributed by atoms with van der Waals surface area (Å²) < 4.78 is 28.9. The topological polar surface area (TPSA) is 86.8 Å². The lowest BCUT2D eigenvalue weighted by Gasteiger charge is -2.34. The van der Waals surface area contributed by atoms with Crippen molar-refractivity contribution in [2.45, 2.75) is 64.1 Å². The highest BCUT2D eigenvalue weighted by molar-refractivity contribution is 7.92. The van der Waals surface area contributed by atoms with Crippen molar-refractivity contribution < 1.29 is 18.0 Å². The number of nitrogens with one attached hydrogen (secondary N) is 1. The Labute approximate surface area is 267 Å². The Morgan fingerprint density at radius 2 is 1.48 bits per heavy atom. The molecule has 3 aromatic rings. The van der Waals surface area contributed by atoms with Crippen molar-refractivity contribution in [3.8, 4) is 0 Å². The number of hydrogen-bond acceptors (Lipinski definition) is 4. The molecule has 0 aliphatic rings. The number of carbonyl (C=O) groups excluding carboxylic acids is 2. The largest absolute Gasteiger partial charge is 0.352 e. The number of halogens is 4. The van der Waals surface area contributed by atoms with E-state index >= 15 is 0 Å². The van der Waals surface area contributed by atoms with Gasteiger partial charge in [0.05, 0.1) is 15.6 Å². The number of benzene rings is 3. The Bertz CT molecular complexity index is 1530. The van der Waals surface area contributed by atoms with E-state index in [-0.39, 0.29) is 45.5 Å². The fourth-order valence-electron chi connectivity index (χ4n) is 4.22. The first-order valence-electron chi connectivity index (χ1n) is 13.4. The van der Waals surface area contributed by atoms with Crippen LogP contribution in [0.4, 0.5) is 5.69 Å². The predicted octanol–water partition coefficient (Wildman–Crippen LogP) is 7.53. The number of aryl methyl sites for hydroxylation is 1. The van der Waals surface area contributed by atoms with Crippen LogP contribution in [-0.2, 0) is 26.2 Å². The summed E-state index contributed by atoms with van der Waals surface area (Å²) in [5.41, 5.74) is 1.43. The highest BCUT2D eigenvalue weighted by Crippen LogP contribution is 2.33. The molecule has 0 aliphatic heterocycles. The molecule has 1 N–H and O–H groups in total. The Balaban J connectivity index is 2.12. The quantitative estimate of drug-likeness (QED) is 0.216. The minimum atomic E-state index is -4.30. The van der Waals surface area contributed by atoms with Crippen molar-refractivity contribution in [3.63, 3.8) is 0 Å². The number of sulfonamides is 1. The number of nitrogens with zero attached hydrogens (tertiary/aromatic N) is 2. The van der Waals surface area contributed by atoms with E-state index in [1.807, 2.05) is 20.8 Å². The van der Waals surface area contributed by atoms with Crippen LogP contribution in [0.5, 0.6) is 0 Å². The molecule has 2 amide bonds. The van der Waals surface area contributed by atoms with E-state index in [4.69, 9.17) is 46.4 Å². The molecule has 0 aromatic heterocycles. The standard InChI is InChI=1S/C30H33Cl4N3O4S/c1-5-20(4)35-30(39)27(6-2)36(17-21-9-10-22(31)15-26(21)34)29(38)18-37(28-16-23(32)11-14-25(28)33)42(40,41)24-12-7-19(3)8-13-24/h7-16,20,27H,5-6,17-18H2,1-4H3,(H,35,39)/t20-,27-/m1/s1. The van der Waals surface area contributed by atoms with Crippen LogP contribution in [0.15, 0.2) is 65.6 Å². The predicted molar refractivity (Wildman–Crippen MR) is 171 cm³/mol. The summed E-state index contributed by atoms with van der Waals surface area (Å²) in [4.78, 5) is 28.9. The van der Waals surface area contributed by atoms with Crippen LogP contribution in [0.1, 0.15) is 44.7 Å². The van der Waals surface area contributed by atoms with Gasteiger partial charge in [-0.3, -0.25) is 13.9 Å². The third-order valence-electron chi connectivity index (χ3n) is 6.81. The van der Waals surface area contributed by atoms with Gasteiger partial charge in [0.15, 0.2) is 0 Å². The molecule has 2 atom stereocenters. The lowest BCUT2D eigenvalue weighted by Crippen LogP contribution is -2.53. The van der Waals surface area contributed by atoms with Gasteiger partial charge >= 0.3 is 0 Å². The highest BCUT2D eigenvalue weighted by atomic mass is 35.5. The fourth-order valence-corrected chi connectivity index (χ4v) is 6.55. The minimum absolute atomic E-state index is 0.0275. The van der Waals surface area contributed by atoms with Crippen LogP contribution in [0.3, 0.4) is 0 Å².